The fraction of sp³-hybridized carbons (Fsp3) is 0.667. The van der Waals surface area contributed by atoms with Crippen LogP contribution < -0.4 is 10.6 Å². The summed E-state index contributed by atoms with van der Waals surface area (Å²) in [5.74, 6) is -0.140. The van der Waals surface area contributed by atoms with Crippen molar-refractivity contribution in [2.45, 2.75) is 47.6 Å². The lowest BCUT2D eigenvalue weighted by Crippen LogP contribution is -2.26. The molecule has 1 aromatic heterocycles. The number of carbonyl (C=O) groups excluding carboxylic acids is 2. The van der Waals surface area contributed by atoms with E-state index in [0.717, 1.165) is 10.4 Å². The van der Waals surface area contributed by atoms with E-state index in [1.165, 1.54) is 11.3 Å². The third-order valence-electron chi connectivity index (χ3n) is 5.90. The van der Waals surface area contributed by atoms with Crippen molar-refractivity contribution in [1.29, 1.82) is 0 Å². The molecule has 1 aliphatic carbocycles. The molecule has 1 aliphatic heterocycles. The minimum atomic E-state index is -0.110. The Morgan fingerprint density at radius 2 is 1.92 bits per heavy atom. The maximum Gasteiger partial charge on any atom is 0.254 e. The molecule has 0 aromatic carbocycles. The van der Waals surface area contributed by atoms with Crippen molar-refractivity contribution in [3.05, 3.63) is 16.0 Å². The van der Waals surface area contributed by atoms with Crippen LogP contribution in [-0.2, 0) is 22.6 Å². The third-order valence-corrected chi connectivity index (χ3v) is 7.03. The maximum atomic E-state index is 12.8. The first kappa shape index (κ1) is 17.4. The Kier molecular flexibility index (Phi) is 4.24. The van der Waals surface area contributed by atoms with Crippen LogP contribution in [0.1, 0.15) is 55.4 Å². The molecule has 132 valence electrons. The molecule has 2 aliphatic rings. The largest absolute Gasteiger partial charge is 0.376 e. The minimum Gasteiger partial charge on any atom is -0.376 e. The van der Waals surface area contributed by atoms with E-state index in [1.54, 1.807) is 0 Å². The van der Waals surface area contributed by atoms with Gasteiger partial charge in [0.05, 0.1) is 18.8 Å². The van der Waals surface area contributed by atoms with Gasteiger partial charge in [-0.1, -0.05) is 27.7 Å². The van der Waals surface area contributed by atoms with Crippen LogP contribution in [0.2, 0.25) is 0 Å². The summed E-state index contributed by atoms with van der Waals surface area (Å²) in [4.78, 5) is 26.4. The molecule has 1 fully saturated rings. The van der Waals surface area contributed by atoms with Crippen molar-refractivity contribution >= 4 is 28.2 Å². The molecule has 1 saturated carbocycles. The summed E-state index contributed by atoms with van der Waals surface area (Å²) in [5, 5.41) is 6.57. The first-order chi connectivity index (χ1) is 11.2. The molecule has 0 bridgehead atoms. The zero-order valence-electron chi connectivity index (χ0n) is 15.0. The number of rotatable bonds is 4. The van der Waals surface area contributed by atoms with Gasteiger partial charge in [-0.3, -0.25) is 9.59 Å². The highest BCUT2D eigenvalue weighted by atomic mass is 32.1. The van der Waals surface area contributed by atoms with Gasteiger partial charge in [-0.2, -0.15) is 0 Å². The van der Waals surface area contributed by atoms with E-state index in [2.05, 4.69) is 38.3 Å². The maximum absolute atomic E-state index is 12.8. The summed E-state index contributed by atoms with van der Waals surface area (Å²) in [6.45, 7) is 12.1. The molecule has 2 amide bonds. The van der Waals surface area contributed by atoms with Crippen LogP contribution in [0.4, 0.5) is 5.00 Å². The van der Waals surface area contributed by atoms with E-state index in [9.17, 15) is 9.59 Å². The van der Waals surface area contributed by atoms with Crippen molar-refractivity contribution in [2.24, 2.45) is 16.7 Å². The molecule has 0 radical (unpaired) electrons. The molecule has 1 aromatic rings. The van der Waals surface area contributed by atoms with Crippen molar-refractivity contribution in [2.75, 3.05) is 18.5 Å². The lowest BCUT2D eigenvalue weighted by Gasteiger charge is -2.13. The molecule has 2 N–H and O–H groups in total. The topological polar surface area (TPSA) is 67.4 Å². The lowest BCUT2D eigenvalue weighted by molar-refractivity contribution is -0.118. The number of fused-ring (bicyclic) bond motifs is 1. The Bertz CT molecular complexity index is 677. The highest BCUT2D eigenvalue weighted by Gasteiger charge is 2.68. The number of amides is 2. The number of hydrogen-bond acceptors (Lipinski definition) is 4. The Balaban J connectivity index is 1.89. The third kappa shape index (κ3) is 2.56. The molecule has 2 heterocycles. The van der Waals surface area contributed by atoms with Gasteiger partial charge in [-0.25, -0.2) is 0 Å². The fourth-order valence-corrected chi connectivity index (χ4v) is 5.03. The van der Waals surface area contributed by atoms with E-state index in [-0.39, 0.29) is 28.6 Å². The predicted octanol–water partition coefficient (Wildman–Crippen LogP) is 3.19. The molecule has 0 saturated heterocycles. The van der Waals surface area contributed by atoms with Crippen LogP contribution in [-0.4, -0.2) is 25.0 Å². The summed E-state index contributed by atoms with van der Waals surface area (Å²) >= 11 is 1.47. The van der Waals surface area contributed by atoms with Gasteiger partial charge in [-0.05, 0) is 29.7 Å². The second-order valence-electron chi connectivity index (χ2n) is 7.74. The van der Waals surface area contributed by atoms with Crippen molar-refractivity contribution in [1.82, 2.24) is 5.32 Å². The van der Waals surface area contributed by atoms with Gasteiger partial charge < -0.3 is 15.4 Å². The Morgan fingerprint density at radius 3 is 2.50 bits per heavy atom. The van der Waals surface area contributed by atoms with E-state index in [1.807, 2.05) is 6.92 Å². The van der Waals surface area contributed by atoms with Crippen molar-refractivity contribution in [3.63, 3.8) is 0 Å². The number of ether oxygens (including phenoxy) is 1. The standard InChI is InChI=1S/C18H26N2O3S/c1-6-19-14(21)12-10-7-8-23-9-11(10)24-16(12)20-15(22)13-17(2,3)18(13,4)5/h13H,6-9H2,1-5H3,(H,19,21)(H,20,22). The first-order valence-electron chi connectivity index (χ1n) is 8.53. The Morgan fingerprint density at radius 1 is 1.25 bits per heavy atom. The molecular formula is C18H26N2O3S. The van der Waals surface area contributed by atoms with Crippen LogP contribution in [0.5, 0.6) is 0 Å². The molecule has 0 atom stereocenters. The molecule has 6 heteroatoms. The van der Waals surface area contributed by atoms with Gasteiger partial charge in [0.2, 0.25) is 5.91 Å². The van der Waals surface area contributed by atoms with Crippen LogP contribution in [0.3, 0.4) is 0 Å². The van der Waals surface area contributed by atoms with Gasteiger partial charge in [0, 0.05) is 17.3 Å². The SMILES string of the molecule is CCNC(=O)c1c(NC(=O)C2C(C)(C)C2(C)C)sc2c1CCOC2. The summed E-state index contributed by atoms with van der Waals surface area (Å²) in [6.07, 6.45) is 0.717. The quantitative estimate of drug-likeness (QED) is 0.876. The summed E-state index contributed by atoms with van der Waals surface area (Å²) in [5.41, 5.74) is 1.61. The molecule has 5 nitrogen and oxygen atoms in total. The summed E-state index contributed by atoms with van der Waals surface area (Å²) in [7, 11) is 0. The first-order valence-corrected chi connectivity index (χ1v) is 9.34. The number of carbonyl (C=O) groups is 2. The average molecular weight is 350 g/mol. The molecular weight excluding hydrogens is 324 g/mol. The predicted molar refractivity (Wildman–Crippen MR) is 95.4 cm³/mol. The smallest absolute Gasteiger partial charge is 0.254 e. The fourth-order valence-electron chi connectivity index (χ4n) is 3.85. The van der Waals surface area contributed by atoms with Gasteiger partial charge in [-0.15, -0.1) is 11.3 Å². The van der Waals surface area contributed by atoms with Crippen LogP contribution in [0, 0.1) is 16.7 Å². The Hall–Kier alpha value is -1.40. The summed E-state index contributed by atoms with van der Waals surface area (Å²) in [6, 6.07) is 0. The normalized spacial score (nSPS) is 21.0. The second kappa shape index (κ2) is 5.85. The average Bonchev–Trinajstić information content (AvgIpc) is 2.78. The molecule has 24 heavy (non-hydrogen) atoms. The summed E-state index contributed by atoms with van der Waals surface area (Å²) < 4.78 is 5.50. The van der Waals surface area contributed by atoms with Crippen LogP contribution in [0.25, 0.3) is 0 Å². The van der Waals surface area contributed by atoms with E-state index in [0.29, 0.717) is 36.7 Å². The second-order valence-corrected chi connectivity index (χ2v) is 8.84. The highest BCUT2D eigenvalue weighted by Crippen LogP contribution is 2.68. The number of hydrogen-bond donors (Lipinski definition) is 2. The van der Waals surface area contributed by atoms with Gasteiger partial charge in [0.15, 0.2) is 0 Å². The van der Waals surface area contributed by atoms with Crippen molar-refractivity contribution in [3.8, 4) is 0 Å². The number of nitrogens with one attached hydrogen (secondary N) is 2. The van der Waals surface area contributed by atoms with E-state index < -0.39 is 0 Å². The highest BCUT2D eigenvalue weighted by molar-refractivity contribution is 7.17. The zero-order valence-corrected chi connectivity index (χ0v) is 15.9. The van der Waals surface area contributed by atoms with Crippen LogP contribution >= 0.6 is 11.3 Å². The van der Waals surface area contributed by atoms with Gasteiger partial charge >= 0.3 is 0 Å². The zero-order chi connectivity index (χ0) is 17.7. The minimum absolute atomic E-state index is 0.00932. The van der Waals surface area contributed by atoms with E-state index >= 15 is 0 Å². The number of anilines is 1. The van der Waals surface area contributed by atoms with Gasteiger partial charge in [0.1, 0.15) is 5.00 Å². The molecule has 0 spiro atoms. The van der Waals surface area contributed by atoms with Crippen molar-refractivity contribution < 1.29 is 14.3 Å². The lowest BCUT2D eigenvalue weighted by atomic mass is 10.0. The van der Waals surface area contributed by atoms with Gasteiger partial charge in [0.25, 0.3) is 5.91 Å². The molecule has 3 rings (SSSR count). The molecule has 0 unspecified atom stereocenters. The van der Waals surface area contributed by atoms with E-state index in [4.69, 9.17) is 4.74 Å². The van der Waals surface area contributed by atoms with Crippen LogP contribution in [0.15, 0.2) is 0 Å². The monoisotopic (exact) mass is 350 g/mol. The Labute approximate surface area is 147 Å². The number of thiophene rings is 1.